The van der Waals surface area contributed by atoms with Gasteiger partial charge in [-0.1, -0.05) is 12.1 Å². The van der Waals surface area contributed by atoms with Crippen molar-refractivity contribution in [2.45, 2.75) is 24.9 Å². The molecular weight excluding hydrogens is 349 g/mol. The number of fused-ring (bicyclic) bond motifs is 1. The van der Waals surface area contributed by atoms with E-state index < -0.39 is 5.60 Å². The highest BCUT2D eigenvalue weighted by atomic mass is 19.1. The van der Waals surface area contributed by atoms with Crippen LogP contribution in [0.15, 0.2) is 42.5 Å². The molecule has 2 aliphatic rings. The minimum atomic E-state index is -0.670. The van der Waals surface area contributed by atoms with Crippen molar-refractivity contribution in [3.8, 4) is 11.5 Å². The third kappa shape index (κ3) is 3.39. The Morgan fingerprint density at radius 1 is 1.26 bits per heavy atom. The number of ether oxygens (including phenoxy) is 2. The Kier molecular flexibility index (Phi) is 4.34. The van der Waals surface area contributed by atoms with Crippen LogP contribution in [0, 0.1) is 5.82 Å². The van der Waals surface area contributed by atoms with Gasteiger partial charge in [0.15, 0.2) is 5.78 Å². The fourth-order valence-corrected chi connectivity index (χ4v) is 3.77. The van der Waals surface area contributed by atoms with Gasteiger partial charge in [0.1, 0.15) is 22.9 Å². The summed E-state index contributed by atoms with van der Waals surface area (Å²) in [6.45, 7) is 0.920. The van der Waals surface area contributed by atoms with Crippen molar-refractivity contribution in [2.24, 2.45) is 0 Å². The Morgan fingerprint density at radius 2 is 2.04 bits per heavy atom. The molecule has 1 amide bonds. The second-order valence-electron chi connectivity index (χ2n) is 7.12. The molecule has 2 heterocycles. The summed E-state index contributed by atoms with van der Waals surface area (Å²) in [6.07, 6.45) is 1.06. The van der Waals surface area contributed by atoms with Crippen LogP contribution in [0.1, 0.15) is 28.8 Å². The number of nitrogens with zero attached hydrogens (tertiary/aromatic N) is 1. The molecule has 6 heteroatoms. The Bertz CT molecular complexity index is 896. The number of amides is 1. The van der Waals surface area contributed by atoms with Gasteiger partial charge in [0.25, 0.3) is 0 Å². The Labute approximate surface area is 156 Å². The number of Topliss-reactive ketones (excluding diaryl/α,β-unsaturated/α-hetero) is 1. The molecule has 5 nitrogen and oxygen atoms in total. The first-order valence-corrected chi connectivity index (χ1v) is 8.90. The van der Waals surface area contributed by atoms with Crippen LogP contribution in [-0.4, -0.2) is 42.4 Å². The number of hydrogen-bond acceptors (Lipinski definition) is 4. The lowest BCUT2D eigenvalue weighted by Crippen LogP contribution is -2.45. The highest BCUT2D eigenvalue weighted by Crippen LogP contribution is 2.40. The number of benzene rings is 2. The van der Waals surface area contributed by atoms with Gasteiger partial charge >= 0.3 is 0 Å². The molecule has 0 saturated carbocycles. The fourth-order valence-electron chi connectivity index (χ4n) is 3.77. The molecule has 0 aromatic heterocycles. The van der Waals surface area contributed by atoms with Crippen LogP contribution in [-0.2, 0) is 11.2 Å². The average molecular weight is 369 g/mol. The van der Waals surface area contributed by atoms with Crippen LogP contribution in [0.3, 0.4) is 0 Å². The molecule has 1 atom stereocenters. The van der Waals surface area contributed by atoms with Crippen molar-refractivity contribution in [1.82, 2.24) is 4.90 Å². The van der Waals surface area contributed by atoms with E-state index in [4.69, 9.17) is 9.47 Å². The van der Waals surface area contributed by atoms with Crippen molar-refractivity contribution in [3.05, 3.63) is 59.4 Å². The van der Waals surface area contributed by atoms with Gasteiger partial charge < -0.3 is 14.4 Å². The zero-order chi connectivity index (χ0) is 19.0. The second kappa shape index (κ2) is 6.68. The lowest BCUT2D eigenvalue weighted by Gasteiger charge is -2.34. The number of methoxy groups -OCH3 is 1. The topological polar surface area (TPSA) is 55.8 Å². The smallest absolute Gasteiger partial charge is 0.227 e. The molecule has 2 aliphatic heterocycles. The molecule has 1 spiro atoms. The van der Waals surface area contributed by atoms with Gasteiger partial charge in [-0.2, -0.15) is 0 Å². The standard InChI is InChI=1S/C21H20FNO4/c1-26-16-6-7-19-17(11-16)18(24)12-21(27-19)8-9-23(13-21)20(25)10-14-2-4-15(22)5-3-14/h2-7,11H,8-10,12-13H2,1H3. The highest BCUT2D eigenvalue weighted by molar-refractivity contribution is 6.01. The summed E-state index contributed by atoms with van der Waals surface area (Å²) in [4.78, 5) is 27.0. The molecule has 1 unspecified atom stereocenters. The summed E-state index contributed by atoms with van der Waals surface area (Å²) < 4.78 is 24.4. The first-order chi connectivity index (χ1) is 13.0. The number of rotatable bonds is 3. The largest absolute Gasteiger partial charge is 0.497 e. The van der Waals surface area contributed by atoms with Crippen molar-refractivity contribution < 1.29 is 23.5 Å². The first kappa shape index (κ1) is 17.5. The normalized spacial score (nSPS) is 21.1. The molecule has 1 saturated heterocycles. The van der Waals surface area contributed by atoms with Gasteiger partial charge in [0.05, 0.1) is 32.1 Å². The minimum absolute atomic E-state index is 0.00276. The summed E-state index contributed by atoms with van der Waals surface area (Å²) in [5.74, 6) is 0.790. The second-order valence-corrected chi connectivity index (χ2v) is 7.12. The summed E-state index contributed by atoms with van der Waals surface area (Å²) in [5, 5.41) is 0. The quantitative estimate of drug-likeness (QED) is 0.835. The maximum absolute atomic E-state index is 13.0. The summed E-state index contributed by atoms with van der Waals surface area (Å²) >= 11 is 0. The summed E-state index contributed by atoms with van der Waals surface area (Å²) in [7, 11) is 1.55. The van der Waals surface area contributed by atoms with Gasteiger partial charge in [0.2, 0.25) is 5.91 Å². The third-order valence-corrected chi connectivity index (χ3v) is 5.23. The number of likely N-dealkylation sites (tertiary alicyclic amines) is 1. The van der Waals surface area contributed by atoms with Crippen molar-refractivity contribution in [3.63, 3.8) is 0 Å². The summed E-state index contributed by atoms with van der Waals surface area (Å²) in [6, 6.07) is 11.1. The van der Waals surface area contributed by atoms with E-state index in [1.165, 1.54) is 12.1 Å². The molecule has 27 heavy (non-hydrogen) atoms. The van der Waals surface area contributed by atoms with Gasteiger partial charge in [-0.3, -0.25) is 9.59 Å². The molecule has 0 N–H and O–H groups in total. The van der Waals surface area contributed by atoms with Crippen LogP contribution in [0.25, 0.3) is 0 Å². The molecule has 0 aliphatic carbocycles. The van der Waals surface area contributed by atoms with Crippen molar-refractivity contribution >= 4 is 11.7 Å². The van der Waals surface area contributed by atoms with Crippen LogP contribution in [0.5, 0.6) is 11.5 Å². The molecule has 0 bridgehead atoms. The van der Waals surface area contributed by atoms with Crippen LogP contribution in [0.4, 0.5) is 4.39 Å². The Hall–Kier alpha value is -2.89. The van der Waals surface area contributed by atoms with Crippen LogP contribution >= 0.6 is 0 Å². The Balaban J connectivity index is 1.47. The lowest BCUT2D eigenvalue weighted by molar-refractivity contribution is -0.130. The van der Waals surface area contributed by atoms with Crippen molar-refractivity contribution in [1.29, 1.82) is 0 Å². The van der Waals surface area contributed by atoms with E-state index in [0.717, 1.165) is 5.56 Å². The van der Waals surface area contributed by atoms with E-state index in [0.29, 0.717) is 36.6 Å². The number of halogens is 1. The molecule has 140 valence electrons. The first-order valence-electron chi connectivity index (χ1n) is 8.90. The zero-order valence-corrected chi connectivity index (χ0v) is 15.0. The van der Waals surface area contributed by atoms with Crippen LogP contribution in [0.2, 0.25) is 0 Å². The van der Waals surface area contributed by atoms with E-state index in [1.807, 2.05) is 0 Å². The third-order valence-electron chi connectivity index (χ3n) is 5.23. The number of carbonyl (C=O) groups is 2. The van der Waals surface area contributed by atoms with E-state index in [1.54, 1.807) is 42.3 Å². The molecular formula is C21H20FNO4. The lowest BCUT2D eigenvalue weighted by atomic mass is 9.89. The number of hydrogen-bond donors (Lipinski definition) is 0. The molecule has 2 aromatic rings. The maximum Gasteiger partial charge on any atom is 0.227 e. The fraction of sp³-hybridized carbons (Fsp3) is 0.333. The van der Waals surface area contributed by atoms with Gasteiger partial charge in [0, 0.05) is 13.0 Å². The monoisotopic (exact) mass is 369 g/mol. The number of carbonyl (C=O) groups excluding carboxylic acids is 2. The Morgan fingerprint density at radius 3 is 2.78 bits per heavy atom. The average Bonchev–Trinajstić information content (AvgIpc) is 3.06. The predicted molar refractivity (Wildman–Crippen MR) is 96.6 cm³/mol. The van der Waals surface area contributed by atoms with Gasteiger partial charge in [-0.15, -0.1) is 0 Å². The van der Waals surface area contributed by atoms with E-state index in [2.05, 4.69) is 0 Å². The molecule has 1 fully saturated rings. The maximum atomic E-state index is 13.0. The molecule has 0 radical (unpaired) electrons. The summed E-state index contributed by atoms with van der Waals surface area (Å²) in [5.41, 5.74) is 0.619. The number of ketones is 1. The van der Waals surface area contributed by atoms with E-state index >= 15 is 0 Å². The highest BCUT2D eigenvalue weighted by Gasteiger charge is 2.46. The van der Waals surface area contributed by atoms with Gasteiger partial charge in [-0.25, -0.2) is 4.39 Å². The van der Waals surface area contributed by atoms with Crippen LogP contribution < -0.4 is 9.47 Å². The van der Waals surface area contributed by atoms with E-state index in [9.17, 15) is 14.0 Å². The van der Waals surface area contributed by atoms with Crippen molar-refractivity contribution in [2.75, 3.05) is 20.2 Å². The SMILES string of the molecule is COc1ccc2c(c1)C(=O)CC1(CCN(C(=O)Cc3ccc(F)cc3)C1)O2. The minimum Gasteiger partial charge on any atom is -0.497 e. The molecule has 2 aromatic carbocycles. The zero-order valence-electron chi connectivity index (χ0n) is 15.0. The molecule has 4 rings (SSSR count). The predicted octanol–water partition coefficient (Wildman–Crippen LogP) is 3.01. The van der Waals surface area contributed by atoms with E-state index in [-0.39, 0.29) is 30.3 Å². The van der Waals surface area contributed by atoms with Gasteiger partial charge in [-0.05, 0) is 35.9 Å².